The Hall–Kier alpha value is -1.56. The van der Waals surface area contributed by atoms with Crippen LogP contribution in [0, 0.1) is 0 Å². The third-order valence-electron chi connectivity index (χ3n) is 2.29. The van der Waals surface area contributed by atoms with Crippen LogP contribution < -0.4 is 5.56 Å². The summed E-state index contributed by atoms with van der Waals surface area (Å²) < 4.78 is 6.22. The molecule has 2 aromatic rings. The smallest absolute Gasteiger partial charge is 0.268 e. The highest BCUT2D eigenvalue weighted by Gasteiger charge is 2.15. The molecule has 2 heterocycles. The predicted octanol–water partition coefficient (Wildman–Crippen LogP) is 2.28. The normalized spacial score (nSPS) is 11.7. The Labute approximate surface area is 109 Å². The van der Waals surface area contributed by atoms with Crippen LogP contribution in [0.4, 0.5) is 0 Å². The summed E-state index contributed by atoms with van der Waals surface area (Å²) in [5.41, 5.74) is 0.458. The van der Waals surface area contributed by atoms with Crippen molar-refractivity contribution >= 4 is 11.8 Å². The maximum absolute atomic E-state index is 11.9. The molecule has 0 radical (unpaired) electrons. The lowest BCUT2D eigenvalue weighted by molar-refractivity contribution is 0.336. The summed E-state index contributed by atoms with van der Waals surface area (Å²) in [6.07, 6.45) is 3.24. The number of nitrogens with zero attached hydrogens (tertiary/aromatic N) is 3. The molecule has 0 N–H and O–H groups in total. The van der Waals surface area contributed by atoms with E-state index in [0.717, 1.165) is 10.6 Å². The maximum Gasteiger partial charge on any atom is 0.268 e. The number of rotatable bonds is 3. The van der Waals surface area contributed by atoms with Crippen LogP contribution in [-0.4, -0.2) is 14.9 Å². The molecule has 0 atom stereocenters. The fraction of sp³-hybridized carbons (Fsp3) is 0.417. The van der Waals surface area contributed by atoms with Crippen LogP contribution in [0.25, 0.3) is 0 Å². The maximum atomic E-state index is 11.9. The molecule has 0 amide bonds. The highest BCUT2D eigenvalue weighted by molar-refractivity contribution is 7.98. The van der Waals surface area contributed by atoms with Gasteiger partial charge in [-0.25, -0.2) is 4.68 Å². The van der Waals surface area contributed by atoms with Crippen molar-refractivity contribution in [2.75, 3.05) is 0 Å². The second-order valence-electron chi connectivity index (χ2n) is 4.89. The largest absolute Gasteiger partial charge is 0.364 e. The average Bonchev–Trinajstić information content (AvgIpc) is 2.77. The Balaban J connectivity index is 2.12. The fourth-order valence-electron chi connectivity index (χ4n) is 1.44. The van der Waals surface area contributed by atoms with Gasteiger partial charge in [0.05, 0.1) is 17.4 Å². The number of thioether (sulfide) groups is 1. The van der Waals surface area contributed by atoms with Crippen molar-refractivity contribution in [3.05, 3.63) is 40.6 Å². The van der Waals surface area contributed by atoms with Crippen LogP contribution in [0.3, 0.4) is 0 Å². The van der Waals surface area contributed by atoms with Gasteiger partial charge in [-0.15, -0.1) is 11.8 Å². The van der Waals surface area contributed by atoms with Crippen molar-refractivity contribution < 1.29 is 4.52 Å². The second kappa shape index (κ2) is 4.97. The molecule has 0 aliphatic heterocycles. The molecule has 0 fully saturated rings. The molecule has 0 spiro atoms. The highest BCUT2D eigenvalue weighted by atomic mass is 32.2. The zero-order chi connectivity index (χ0) is 13.2. The van der Waals surface area contributed by atoms with E-state index >= 15 is 0 Å². The number of aromatic nitrogens is 3. The Morgan fingerprint density at radius 1 is 1.44 bits per heavy atom. The summed E-state index contributed by atoms with van der Waals surface area (Å²) in [6, 6.07) is 3.40. The van der Waals surface area contributed by atoms with Crippen LogP contribution in [-0.2, 0) is 11.3 Å². The SMILES string of the molecule is CC(C)(C)n1ncc(SCc2ccon2)cc1=O. The quantitative estimate of drug-likeness (QED) is 0.797. The Bertz CT molecular complexity index is 570. The molecule has 0 saturated carbocycles. The average molecular weight is 265 g/mol. The topological polar surface area (TPSA) is 60.9 Å². The number of hydrogen-bond acceptors (Lipinski definition) is 5. The molecule has 6 heteroatoms. The molecule has 0 bridgehead atoms. The van der Waals surface area contributed by atoms with Gasteiger partial charge in [-0.1, -0.05) is 5.16 Å². The molecule has 2 rings (SSSR count). The first-order valence-electron chi connectivity index (χ1n) is 5.59. The third-order valence-corrected chi connectivity index (χ3v) is 3.29. The van der Waals surface area contributed by atoms with Crippen molar-refractivity contribution in [2.24, 2.45) is 0 Å². The predicted molar refractivity (Wildman–Crippen MR) is 69.6 cm³/mol. The first kappa shape index (κ1) is 12.9. The van der Waals surface area contributed by atoms with Crippen LogP contribution >= 0.6 is 11.8 Å². The van der Waals surface area contributed by atoms with Gasteiger partial charge in [-0.2, -0.15) is 5.10 Å². The van der Waals surface area contributed by atoms with Crippen molar-refractivity contribution in [3.63, 3.8) is 0 Å². The molecule has 0 aromatic carbocycles. The first-order valence-corrected chi connectivity index (χ1v) is 6.57. The van der Waals surface area contributed by atoms with Gasteiger partial charge in [-0.05, 0) is 20.8 Å². The van der Waals surface area contributed by atoms with Gasteiger partial charge < -0.3 is 4.52 Å². The number of hydrogen-bond donors (Lipinski definition) is 0. The molecule has 5 nitrogen and oxygen atoms in total. The lowest BCUT2D eigenvalue weighted by Crippen LogP contribution is -2.35. The molecule has 0 saturated heterocycles. The third kappa shape index (κ3) is 3.01. The Morgan fingerprint density at radius 2 is 2.22 bits per heavy atom. The van der Waals surface area contributed by atoms with Crippen molar-refractivity contribution in [2.45, 2.75) is 37.0 Å². The molecule has 2 aromatic heterocycles. The summed E-state index contributed by atoms with van der Waals surface area (Å²) in [5, 5.41) is 8.00. The zero-order valence-corrected chi connectivity index (χ0v) is 11.4. The molecule has 0 aliphatic carbocycles. The van der Waals surface area contributed by atoms with Crippen molar-refractivity contribution in [3.8, 4) is 0 Å². The minimum absolute atomic E-state index is 0.0901. The first-order chi connectivity index (χ1) is 8.47. The second-order valence-corrected chi connectivity index (χ2v) is 5.94. The van der Waals surface area contributed by atoms with E-state index < -0.39 is 0 Å². The zero-order valence-electron chi connectivity index (χ0n) is 10.6. The molecular weight excluding hydrogens is 250 g/mol. The van der Waals surface area contributed by atoms with Gasteiger partial charge in [0.2, 0.25) is 0 Å². The summed E-state index contributed by atoms with van der Waals surface area (Å²) in [5.74, 6) is 0.664. The fourth-order valence-corrected chi connectivity index (χ4v) is 2.21. The minimum Gasteiger partial charge on any atom is -0.364 e. The van der Waals surface area contributed by atoms with E-state index in [1.807, 2.05) is 20.8 Å². The lowest BCUT2D eigenvalue weighted by atomic mass is 10.1. The van der Waals surface area contributed by atoms with Gasteiger partial charge in [0.1, 0.15) is 6.26 Å². The minimum atomic E-state index is -0.299. The van der Waals surface area contributed by atoms with Gasteiger partial charge in [0, 0.05) is 22.8 Å². The van der Waals surface area contributed by atoms with E-state index in [9.17, 15) is 4.79 Å². The van der Waals surface area contributed by atoms with Crippen molar-refractivity contribution in [1.29, 1.82) is 0 Å². The molecule has 0 unspecified atom stereocenters. The highest BCUT2D eigenvalue weighted by Crippen LogP contribution is 2.20. The van der Waals surface area contributed by atoms with Gasteiger partial charge in [-0.3, -0.25) is 4.79 Å². The van der Waals surface area contributed by atoms with E-state index in [2.05, 4.69) is 10.3 Å². The summed E-state index contributed by atoms with van der Waals surface area (Å²) in [7, 11) is 0. The standard InChI is InChI=1S/C12H15N3O2S/c1-12(2,3)15-11(16)6-10(7-13-15)18-8-9-4-5-17-14-9/h4-7H,8H2,1-3H3. The van der Waals surface area contributed by atoms with Gasteiger partial charge in [0.25, 0.3) is 5.56 Å². The van der Waals surface area contributed by atoms with E-state index in [0.29, 0.717) is 5.75 Å². The monoisotopic (exact) mass is 265 g/mol. The molecule has 96 valence electrons. The molecule has 18 heavy (non-hydrogen) atoms. The van der Waals surface area contributed by atoms with E-state index in [1.54, 1.807) is 18.3 Å². The van der Waals surface area contributed by atoms with Crippen LogP contribution in [0.15, 0.2) is 38.8 Å². The van der Waals surface area contributed by atoms with E-state index in [-0.39, 0.29) is 11.1 Å². The van der Waals surface area contributed by atoms with Crippen LogP contribution in [0.1, 0.15) is 26.5 Å². The van der Waals surface area contributed by atoms with E-state index in [1.165, 1.54) is 22.7 Å². The van der Waals surface area contributed by atoms with Crippen molar-refractivity contribution in [1.82, 2.24) is 14.9 Å². The van der Waals surface area contributed by atoms with Gasteiger partial charge >= 0.3 is 0 Å². The van der Waals surface area contributed by atoms with Crippen LogP contribution in [0.5, 0.6) is 0 Å². The molecular formula is C12H15N3O2S. The van der Waals surface area contributed by atoms with Gasteiger partial charge in [0.15, 0.2) is 0 Å². The Kier molecular flexibility index (Phi) is 3.56. The summed E-state index contributed by atoms with van der Waals surface area (Å²) >= 11 is 1.51. The summed E-state index contributed by atoms with van der Waals surface area (Å²) in [4.78, 5) is 12.7. The summed E-state index contributed by atoms with van der Waals surface area (Å²) in [6.45, 7) is 5.84. The lowest BCUT2D eigenvalue weighted by Gasteiger charge is -2.20. The Morgan fingerprint density at radius 3 is 2.78 bits per heavy atom. The molecule has 0 aliphatic rings. The van der Waals surface area contributed by atoms with Crippen LogP contribution in [0.2, 0.25) is 0 Å². The van der Waals surface area contributed by atoms with E-state index in [4.69, 9.17) is 4.52 Å².